The zero-order valence-electron chi connectivity index (χ0n) is 14.7. The number of carbonyl (C=O) groups excluding carboxylic acids is 2. The average molecular weight is 319 g/mol. The zero-order valence-corrected chi connectivity index (χ0v) is 14.7. The van der Waals surface area contributed by atoms with Crippen LogP contribution in [0.3, 0.4) is 0 Å². The summed E-state index contributed by atoms with van der Waals surface area (Å²) in [7, 11) is 1.50. The quantitative estimate of drug-likeness (QED) is 0.796. The van der Waals surface area contributed by atoms with Gasteiger partial charge in [0.2, 0.25) is 0 Å². The number of benzene rings is 1. The first-order valence-electron chi connectivity index (χ1n) is 7.80. The average Bonchev–Trinajstić information content (AvgIpc) is 2.44. The Hall–Kier alpha value is -1.88. The Morgan fingerprint density at radius 3 is 2.39 bits per heavy atom. The summed E-state index contributed by atoms with van der Waals surface area (Å²) >= 11 is 0. The van der Waals surface area contributed by atoms with Crippen LogP contribution in [0.5, 0.6) is 0 Å². The van der Waals surface area contributed by atoms with Crippen LogP contribution in [-0.4, -0.2) is 36.2 Å². The lowest BCUT2D eigenvalue weighted by Crippen LogP contribution is -2.64. The number of fused-ring (bicyclic) bond motifs is 1. The van der Waals surface area contributed by atoms with Crippen molar-refractivity contribution in [1.29, 1.82) is 0 Å². The molecule has 0 fully saturated rings. The van der Waals surface area contributed by atoms with Crippen LogP contribution in [0.4, 0.5) is 4.79 Å². The summed E-state index contributed by atoms with van der Waals surface area (Å²) in [5.41, 5.74) is -0.170. The molecule has 5 nitrogen and oxygen atoms in total. The molecule has 0 bridgehead atoms. The molecule has 0 heterocycles. The number of hydrogen-bond acceptors (Lipinski definition) is 4. The highest BCUT2D eigenvalue weighted by Gasteiger charge is 2.59. The lowest BCUT2D eigenvalue weighted by Gasteiger charge is -2.51. The van der Waals surface area contributed by atoms with Gasteiger partial charge >= 0.3 is 6.09 Å². The second-order valence-electron chi connectivity index (χ2n) is 7.12. The number of nitrogens with zero attached hydrogens (tertiary/aromatic N) is 1. The molecule has 126 valence electrons. The third kappa shape index (κ3) is 2.74. The monoisotopic (exact) mass is 319 g/mol. The van der Waals surface area contributed by atoms with E-state index in [4.69, 9.17) is 9.47 Å². The molecule has 1 aliphatic rings. The van der Waals surface area contributed by atoms with E-state index in [1.54, 1.807) is 26.8 Å². The smallest absolute Gasteiger partial charge is 0.413 e. The predicted octanol–water partition coefficient (Wildman–Crippen LogP) is 3.58. The molecule has 1 amide bonds. The van der Waals surface area contributed by atoms with Crippen LogP contribution in [0.15, 0.2) is 24.3 Å². The minimum atomic E-state index is -1.03. The third-order valence-corrected chi connectivity index (χ3v) is 4.06. The second-order valence-corrected chi connectivity index (χ2v) is 7.12. The molecule has 23 heavy (non-hydrogen) atoms. The van der Waals surface area contributed by atoms with Crippen molar-refractivity contribution in [3.8, 4) is 0 Å². The van der Waals surface area contributed by atoms with Crippen LogP contribution >= 0.6 is 0 Å². The van der Waals surface area contributed by atoms with Gasteiger partial charge in [-0.2, -0.15) is 0 Å². The van der Waals surface area contributed by atoms with Gasteiger partial charge in [-0.1, -0.05) is 38.1 Å². The van der Waals surface area contributed by atoms with Crippen molar-refractivity contribution in [2.45, 2.75) is 45.8 Å². The lowest BCUT2D eigenvalue weighted by molar-refractivity contribution is -0.0548. The Balaban J connectivity index is 2.51. The first kappa shape index (κ1) is 17.5. The number of methoxy groups -OCH3 is 1. The largest absolute Gasteiger partial charge is 0.444 e. The normalized spacial score (nSPS) is 20.0. The van der Waals surface area contributed by atoms with Gasteiger partial charge in [-0.15, -0.1) is 0 Å². The van der Waals surface area contributed by atoms with Gasteiger partial charge in [0.05, 0.1) is 0 Å². The van der Waals surface area contributed by atoms with Crippen molar-refractivity contribution in [2.75, 3.05) is 13.8 Å². The molecule has 1 aromatic carbocycles. The Bertz CT molecular complexity index is 618. The Labute approximate surface area is 137 Å². The van der Waals surface area contributed by atoms with Crippen LogP contribution in [-0.2, 0) is 15.0 Å². The molecule has 0 radical (unpaired) electrons. The van der Waals surface area contributed by atoms with E-state index in [2.05, 4.69) is 0 Å². The summed E-state index contributed by atoms with van der Waals surface area (Å²) in [5, 5.41) is 0. The van der Waals surface area contributed by atoms with Crippen LogP contribution in [0.25, 0.3) is 0 Å². The molecule has 0 unspecified atom stereocenters. The fourth-order valence-electron chi connectivity index (χ4n) is 3.18. The first-order valence-corrected chi connectivity index (χ1v) is 7.80. The van der Waals surface area contributed by atoms with Crippen molar-refractivity contribution in [2.24, 2.45) is 5.92 Å². The van der Waals surface area contributed by atoms with Crippen LogP contribution < -0.4 is 0 Å². The highest BCUT2D eigenvalue weighted by Crippen LogP contribution is 2.49. The molecule has 1 atom stereocenters. The summed E-state index contributed by atoms with van der Waals surface area (Å²) < 4.78 is 10.7. The number of carbonyl (C=O) groups is 2. The van der Waals surface area contributed by atoms with Gasteiger partial charge in [0.25, 0.3) is 0 Å². The van der Waals surface area contributed by atoms with Gasteiger partial charge in [-0.3, -0.25) is 9.69 Å². The van der Waals surface area contributed by atoms with E-state index >= 15 is 0 Å². The molecule has 0 aromatic heterocycles. The van der Waals surface area contributed by atoms with Gasteiger partial charge in [-0.25, -0.2) is 4.79 Å². The fourth-order valence-corrected chi connectivity index (χ4v) is 3.18. The van der Waals surface area contributed by atoms with Crippen molar-refractivity contribution in [3.05, 3.63) is 35.4 Å². The number of rotatable bonds is 4. The maximum absolute atomic E-state index is 12.9. The fraction of sp³-hybridized carbons (Fsp3) is 0.556. The molecule has 0 spiro atoms. The first-order chi connectivity index (χ1) is 10.7. The molecule has 1 aromatic rings. The summed E-state index contributed by atoms with van der Waals surface area (Å²) in [6.45, 7) is 9.26. The number of hydrogen-bond donors (Lipinski definition) is 0. The van der Waals surface area contributed by atoms with E-state index in [0.717, 1.165) is 5.56 Å². The van der Waals surface area contributed by atoms with E-state index in [0.29, 0.717) is 5.56 Å². The molecule has 0 aliphatic heterocycles. The highest BCUT2D eigenvalue weighted by atomic mass is 16.6. The number of ether oxygens (including phenoxy) is 2. The standard InChI is InChI=1S/C18H25NO4/c1-12(2)18(14-10-8-7-9-13(14)15(18)20)19(11-22-6)16(21)23-17(3,4)5/h7-10,12H,11H2,1-6H3/t18-/m1/s1. The van der Waals surface area contributed by atoms with Crippen molar-refractivity contribution in [3.63, 3.8) is 0 Å². The molecule has 1 aliphatic carbocycles. The van der Waals surface area contributed by atoms with Crippen LogP contribution in [0, 0.1) is 5.92 Å². The summed E-state index contributed by atoms with van der Waals surface area (Å²) in [4.78, 5) is 27.0. The zero-order chi connectivity index (χ0) is 17.4. The van der Waals surface area contributed by atoms with Crippen molar-refractivity contribution >= 4 is 11.9 Å². The van der Waals surface area contributed by atoms with E-state index in [-0.39, 0.29) is 18.4 Å². The molecular weight excluding hydrogens is 294 g/mol. The Kier molecular flexibility index (Phi) is 4.53. The van der Waals surface area contributed by atoms with Gasteiger partial charge in [0, 0.05) is 12.7 Å². The van der Waals surface area contributed by atoms with E-state index in [1.807, 2.05) is 32.0 Å². The van der Waals surface area contributed by atoms with Crippen LogP contribution in [0.2, 0.25) is 0 Å². The minimum Gasteiger partial charge on any atom is -0.444 e. The predicted molar refractivity (Wildman–Crippen MR) is 87.2 cm³/mol. The number of ketones is 1. The molecule has 2 rings (SSSR count). The molecular formula is C18H25NO4. The number of Topliss-reactive ketones (excluding diaryl/α,β-unsaturated/α-hetero) is 1. The maximum atomic E-state index is 12.9. The molecule has 0 saturated carbocycles. The molecule has 0 saturated heterocycles. The van der Waals surface area contributed by atoms with E-state index in [1.165, 1.54) is 12.0 Å². The minimum absolute atomic E-state index is 0.00678. The maximum Gasteiger partial charge on any atom is 0.413 e. The topological polar surface area (TPSA) is 55.8 Å². The second kappa shape index (κ2) is 5.96. The van der Waals surface area contributed by atoms with E-state index < -0.39 is 17.2 Å². The van der Waals surface area contributed by atoms with E-state index in [9.17, 15) is 9.59 Å². The summed E-state index contributed by atoms with van der Waals surface area (Å²) in [5.74, 6) is -0.168. The SMILES string of the molecule is COCN(C(=O)OC(C)(C)C)[C@@]1(C(C)C)C(=O)c2ccccc21. The highest BCUT2D eigenvalue weighted by molar-refractivity contribution is 6.14. The Morgan fingerprint density at radius 1 is 1.26 bits per heavy atom. The summed E-state index contributed by atoms with van der Waals surface area (Å²) in [6, 6.07) is 7.39. The van der Waals surface area contributed by atoms with Gasteiger partial charge in [-0.05, 0) is 32.3 Å². The summed E-state index contributed by atoms with van der Waals surface area (Å²) in [6.07, 6.45) is -0.545. The van der Waals surface area contributed by atoms with Gasteiger partial charge in [0.15, 0.2) is 5.78 Å². The van der Waals surface area contributed by atoms with Gasteiger partial charge in [0.1, 0.15) is 17.9 Å². The lowest BCUT2D eigenvalue weighted by atomic mass is 9.62. The molecule has 0 N–H and O–H groups in total. The van der Waals surface area contributed by atoms with Crippen molar-refractivity contribution in [1.82, 2.24) is 4.90 Å². The third-order valence-electron chi connectivity index (χ3n) is 4.06. The van der Waals surface area contributed by atoms with Crippen LogP contribution in [0.1, 0.15) is 50.5 Å². The Morgan fingerprint density at radius 2 is 1.87 bits per heavy atom. The molecule has 5 heteroatoms. The van der Waals surface area contributed by atoms with Gasteiger partial charge < -0.3 is 9.47 Å². The number of amides is 1. The van der Waals surface area contributed by atoms with Crippen molar-refractivity contribution < 1.29 is 19.1 Å².